The van der Waals surface area contributed by atoms with Gasteiger partial charge >= 0.3 is 0 Å². The molecule has 168 valence electrons. The maximum atomic E-state index is 12.5. The zero-order valence-electron chi connectivity index (χ0n) is 18.6. The molecule has 0 bridgehead atoms. The van der Waals surface area contributed by atoms with Crippen molar-refractivity contribution in [3.63, 3.8) is 0 Å². The van der Waals surface area contributed by atoms with E-state index in [-0.39, 0.29) is 23.9 Å². The average molecular weight is 454 g/mol. The van der Waals surface area contributed by atoms with E-state index in [0.29, 0.717) is 35.6 Å². The summed E-state index contributed by atoms with van der Waals surface area (Å²) in [4.78, 5) is 27.8. The van der Waals surface area contributed by atoms with E-state index in [1.165, 1.54) is 0 Å². The van der Waals surface area contributed by atoms with Gasteiger partial charge in [0.25, 0.3) is 0 Å². The number of amides is 1. The molecule has 4 rings (SSSR count). The second-order valence-corrected chi connectivity index (χ2v) is 9.17. The molecule has 2 aliphatic rings. The van der Waals surface area contributed by atoms with Crippen LogP contribution >= 0.6 is 12.8 Å². The number of anilines is 3. The van der Waals surface area contributed by atoms with Crippen molar-refractivity contribution in [2.75, 3.05) is 28.2 Å². The van der Waals surface area contributed by atoms with E-state index in [9.17, 15) is 4.79 Å². The number of nitrogens with one attached hydrogen (secondary N) is 1. The maximum absolute atomic E-state index is 12.5. The van der Waals surface area contributed by atoms with E-state index in [0.717, 1.165) is 24.4 Å². The van der Waals surface area contributed by atoms with Crippen LogP contribution in [0.1, 0.15) is 38.1 Å². The molecule has 0 unspecified atom stereocenters. The third-order valence-electron chi connectivity index (χ3n) is 6.06. The van der Waals surface area contributed by atoms with Crippen molar-refractivity contribution in [3.05, 3.63) is 29.7 Å². The van der Waals surface area contributed by atoms with Gasteiger partial charge in [0.1, 0.15) is 29.2 Å². The summed E-state index contributed by atoms with van der Waals surface area (Å²) in [7, 11) is 1.90. The first kappa shape index (κ1) is 22.1. The molecule has 2 aromatic rings. The van der Waals surface area contributed by atoms with Crippen molar-refractivity contribution < 1.29 is 9.53 Å². The Bertz CT molecular complexity index is 1050. The van der Waals surface area contributed by atoms with Gasteiger partial charge in [-0.3, -0.25) is 9.10 Å². The van der Waals surface area contributed by atoms with Gasteiger partial charge in [0.05, 0.1) is 18.5 Å². The number of nitrogens with zero attached hydrogens (tertiary/aromatic N) is 6. The summed E-state index contributed by atoms with van der Waals surface area (Å²) < 4.78 is 7.62. The van der Waals surface area contributed by atoms with E-state index in [4.69, 9.17) is 27.8 Å². The molecule has 2 aromatic heterocycles. The van der Waals surface area contributed by atoms with Crippen LogP contribution in [0.15, 0.2) is 18.3 Å². The topological polar surface area (TPSA) is 107 Å². The van der Waals surface area contributed by atoms with Crippen LogP contribution in [0, 0.1) is 30.1 Å². The lowest BCUT2D eigenvalue weighted by atomic mass is 9.81. The molecule has 32 heavy (non-hydrogen) atoms. The Morgan fingerprint density at radius 1 is 1.38 bits per heavy atom. The third kappa shape index (κ3) is 4.17. The number of likely N-dealkylation sites (N-methyl/N-ethyl adjacent to an activating group) is 1. The Labute approximate surface area is 193 Å². The van der Waals surface area contributed by atoms with Gasteiger partial charge in [-0.15, -0.1) is 0 Å². The summed E-state index contributed by atoms with van der Waals surface area (Å²) in [5.74, 6) is 2.44. The Balaban J connectivity index is 1.39. The van der Waals surface area contributed by atoms with Gasteiger partial charge < -0.3 is 15.0 Å². The minimum atomic E-state index is -0.278. The van der Waals surface area contributed by atoms with Gasteiger partial charge in [-0.05, 0) is 43.7 Å². The van der Waals surface area contributed by atoms with Gasteiger partial charge in [-0.2, -0.15) is 10.2 Å². The molecule has 1 amide bonds. The van der Waals surface area contributed by atoms with Crippen molar-refractivity contribution in [2.45, 2.75) is 45.7 Å². The lowest BCUT2D eigenvalue weighted by Gasteiger charge is -2.41. The number of ether oxygens (including phenoxy) is 1. The number of thiol groups is 1. The van der Waals surface area contributed by atoms with Crippen LogP contribution in [0.5, 0.6) is 5.75 Å². The number of carbonyl (C=O) groups excluding carboxylic acids is 1. The number of carbonyl (C=O) groups is 1. The van der Waals surface area contributed by atoms with Gasteiger partial charge in [0, 0.05) is 13.1 Å². The average Bonchev–Trinajstić information content (AvgIpc) is 2.73. The number of nitriles is 1. The van der Waals surface area contributed by atoms with Crippen LogP contribution in [0.25, 0.3) is 0 Å². The Kier molecular flexibility index (Phi) is 6.11. The van der Waals surface area contributed by atoms with Crippen LogP contribution in [0.2, 0.25) is 0 Å². The highest BCUT2D eigenvalue weighted by Gasteiger charge is 2.38. The van der Waals surface area contributed by atoms with Crippen LogP contribution in [0.4, 0.5) is 17.5 Å². The van der Waals surface area contributed by atoms with Crippen molar-refractivity contribution in [3.8, 4) is 11.8 Å². The summed E-state index contributed by atoms with van der Waals surface area (Å²) in [5.41, 5.74) is 1.76. The number of aromatic nitrogens is 3. The van der Waals surface area contributed by atoms with E-state index in [2.05, 4.69) is 15.3 Å². The van der Waals surface area contributed by atoms with Crippen molar-refractivity contribution in [2.24, 2.45) is 11.8 Å². The second kappa shape index (κ2) is 8.82. The molecule has 0 aromatic carbocycles. The molecule has 1 saturated carbocycles. The van der Waals surface area contributed by atoms with Gasteiger partial charge in [0.2, 0.25) is 11.9 Å². The fourth-order valence-corrected chi connectivity index (χ4v) is 4.53. The number of fused-ring (bicyclic) bond motifs is 1. The predicted octanol–water partition coefficient (Wildman–Crippen LogP) is 2.97. The van der Waals surface area contributed by atoms with Crippen LogP contribution < -0.4 is 19.3 Å². The zero-order valence-corrected chi connectivity index (χ0v) is 19.5. The lowest BCUT2D eigenvalue weighted by Crippen LogP contribution is -2.50. The molecule has 0 saturated heterocycles. The molecular formula is C22H27N7O2S. The van der Waals surface area contributed by atoms with E-state index in [1.807, 2.05) is 43.1 Å². The maximum Gasteiger partial charge on any atom is 0.247 e. The SMILES string of the molecule is Cc1nc(N(S)C2CC(COc3ccc(C#N)nc3)C2)nc2c1NC(=O)[C@H](C(C)C)N2C. The second-order valence-electron chi connectivity index (χ2n) is 8.73. The van der Waals surface area contributed by atoms with Crippen LogP contribution in [-0.4, -0.2) is 46.6 Å². The molecule has 1 fully saturated rings. The predicted molar refractivity (Wildman–Crippen MR) is 125 cm³/mol. The zero-order chi connectivity index (χ0) is 23.0. The van der Waals surface area contributed by atoms with Gasteiger partial charge in [-0.1, -0.05) is 26.7 Å². The molecule has 10 heteroatoms. The summed E-state index contributed by atoms with van der Waals surface area (Å²) in [6, 6.07) is 5.32. The molecule has 0 radical (unpaired) electrons. The van der Waals surface area contributed by atoms with Gasteiger partial charge in [-0.25, -0.2) is 9.97 Å². The lowest BCUT2D eigenvalue weighted by molar-refractivity contribution is -0.118. The summed E-state index contributed by atoms with van der Waals surface area (Å²) in [5, 5.41) is 11.8. The van der Waals surface area contributed by atoms with Crippen molar-refractivity contribution in [1.29, 1.82) is 5.26 Å². The normalized spacial score (nSPS) is 22.0. The number of aryl methyl sites for hydroxylation is 1. The fourth-order valence-electron chi connectivity index (χ4n) is 4.25. The van der Waals surface area contributed by atoms with Crippen molar-refractivity contribution in [1.82, 2.24) is 15.0 Å². The Hall–Kier alpha value is -3.06. The Morgan fingerprint density at radius 2 is 2.12 bits per heavy atom. The number of pyridine rings is 1. The summed E-state index contributed by atoms with van der Waals surface area (Å²) in [6.07, 6.45) is 3.39. The molecule has 0 spiro atoms. The minimum absolute atomic E-state index is 0.0310. The highest BCUT2D eigenvalue weighted by atomic mass is 32.1. The van der Waals surface area contributed by atoms with E-state index in [1.54, 1.807) is 18.3 Å². The fraction of sp³-hybridized carbons (Fsp3) is 0.500. The third-order valence-corrected chi connectivity index (χ3v) is 6.56. The molecule has 1 aliphatic carbocycles. The van der Waals surface area contributed by atoms with Crippen LogP contribution in [-0.2, 0) is 4.79 Å². The monoisotopic (exact) mass is 453 g/mol. The van der Waals surface area contributed by atoms with E-state index < -0.39 is 0 Å². The molecular weight excluding hydrogens is 426 g/mol. The number of hydrogen-bond acceptors (Lipinski definition) is 9. The number of hydrogen-bond donors (Lipinski definition) is 2. The minimum Gasteiger partial charge on any atom is -0.492 e. The van der Waals surface area contributed by atoms with E-state index >= 15 is 0 Å². The highest BCUT2D eigenvalue weighted by molar-refractivity contribution is 7.81. The molecule has 1 N–H and O–H groups in total. The van der Waals surface area contributed by atoms with Crippen molar-refractivity contribution >= 4 is 36.2 Å². The standard InChI is InChI=1S/C22H27N7O2S/c1-12(2)19-21(30)26-18-13(3)25-22(27-20(18)28(19)4)29(32)16-7-14(8-16)11-31-17-6-5-15(9-23)24-10-17/h5-6,10,12,14,16,19,32H,7-8,11H2,1-4H3,(H,26,30)/t14?,16?,19-/m0/s1. The summed E-state index contributed by atoms with van der Waals surface area (Å²) >= 11 is 4.69. The first-order valence-electron chi connectivity index (χ1n) is 10.7. The number of rotatable bonds is 6. The molecule has 3 heterocycles. The molecule has 1 aliphatic heterocycles. The largest absolute Gasteiger partial charge is 0.492 e. The van der Waals surface area contributed by atoms with Gasteiger partial charge in [0.15, 0.2) is 5.82 Å². The Morgan fingerprint density at radius 3 is 2.75 bits per heavy atom. The summed E-state index contributed by atoms with van der Waals surface area (Å²) in [6.45, 7) is 6.51. The molecule has 9 nitrogen and oxygen atoms in total. The first-order valence-corrected chi connectivity index (χ1v) is 11.1. The smallest absolute Gasteiger partial charge is 0.247 e. The first-order chi connectivity index (χ1) is 15.3. The molecule has 1 atom stereocenters. The highest BCUT2D eigenvalue weighted by Crippen LogP contribution is 2.38. The quantitative estimate of drug-likeness (QED) is 0.643. The van der Waals surface area contributed by atoms with Crippen LogP contribution in [0.3, 0.4) is 0 Å².